The second kappa shape index (κ2) is 9.64. The third-order valence-corrected chi connectivity index (χ3v) is 8.96. The van der Waals surface area contributed by atoms with Gasteiger partial charge in [0.2, 0.25) is 0 Å². The number of anilines is 1. The van der Waals surface area contributed by atoms with Gasteiger partial charge < -0.3 is 4.74 Å². The van der Waals surface area contributed by atoms with E-state index in [1.165, 1.54) is 13.2 Å². The standard InChI is InChI=1S/C26H23AsFN8O2/c1-34-23-12-16(20-6-8-29-26(31-20)27-21-7-9-30-35(21)2)11-22-32-33-25(36(22)23)17(13-24(34)37)10-15-4-5-18(38-3)14-19(15)28/h4-9,11-12,14,17H,10,13H2,1-3H3. The van der Waals surface area contributed by atoms with Crippen LogP contribution in [0.3, 0.4) is 0 Å². The SMILES string of the molecule is COc1ccc(CC2CC(=O)N(C)c3cc(-c4ccnc([As]c5ccnn5C)n4)cc4nnc2n34)c(F)c1. The van der Waals surface area contributed by atoms with Crippen molar-refractivity contribution in [2.24, 2.45) is 7.05 Å². The van der Waals surface area contributed by atoms with E-state index < -0.39 is 15.8 Å². The van der Waals surface area contributed by atoms with Gasteiger partial charge in [0.1, 0.15) is 5.75 Å². The minimum absolute atomic E-state index is 0.0857. The Balaban J connectivity index is 1.39. The van der Waals surface area contributed by atoms with Crippen LogP contribution >= 0.6 is 0 Å². The van der Waals surface area contributed by atoms with Gasteiger partial charge in [-0.2, -0.15) is 0 Å². The molecule has 0 saturated heterocycles. The van der Waals surface area contributed by atoms with Crippen LogP contribution in [0.5, 0.6) is 5.75 Å². The molecule has 0 fully saturated rings. The van der Waals surface area contributed by atoms with Crippen LogP contribution in [0.25, 0.3) is 16.9 Å². The van der Waals surface area contributed by atoms with Gasteiger partial charge in [0.25, 0.3) is 0 Å². The molecule has 0 spiro atoms. The number of rotatable bonds is 6. The summed E-state index contributed by atoms with van der Waals surface area (Å²) in [6.45, 7) is 0. The molecule has 191 valence electrons. The molecule has 5 heterocycles. The molecule has 1 atom stereocenters. The van der Waals surface area contributed by atoms with Gasteiger partial charge >= 0.3 is 190 Å². The molecule has 10 nitrogen and oxygen atoms in total. The molecule has 0 saturated carbocycles. The third-order valence-electron chi connectivity index (χ3n) is 6.69. The summed E-state index contributed by atoms with van der Waals surface area (Å²) in [5, 5.41) is 13.1. The van der Waals surface area contributed by atoms with Crippen LogP contribution in [0.15, 0.2) is 54.9 Å². The molecule has 0 N–H and O–H groups in total. The Morgan fingerprint density at radius 2 is 1.97 bits per heavy atom. The maximum atomic E-state index is 14.8. The van der Waals surface area contributed by atoms with Crippen LogP contribution in [0, 0.1) is 5.82 Å². The summed E-state index contributed by atoms with van der Waals surface area (Å²) >= 11 is -0.442. The molecule has 38 heavy (non-hydrogen) atoms. The molecule has 0 bridgehead atoms. The number of aryl methyl sites for hydroxylation is 1. The van der Waals surface area contributed by atoms with Crippen LogP contribution in [-0.2, 0) is 18.3 Å². The van der Waals surface area contributed by atoms with Crippen LogP contribution in [0.1, 0.15) is 23.7 Å². The van der Waals surface area contributed by atoms with Crippen molar-refractivity contribution >= 4 is 42.2 Å². The van der Waals surface area contributed by atoms with E-state index >= 15 is 0 Å². The average molecular weight is 573 g/mol. The summed E-state index contributed by atoms with van der Waals surface area (Å²) in [7, 11) is 5.14. The molecule has 1 aromatic carbocycles. The summed E-state index contributed by atoms with van der Waals surface area (Å²) in [5.74, 6) is 0.903. The van der Waals surface area contributed by atoms with Crippen molar-refractivity contribution in [2.75, 3.05) is 19.1 Å². The molecular formula is C26H23AsFN8O2. The van der Waals surface area contributed by atoms with Crippen LogP contribution < -0.4 is 18.7 Å². The Labute approximate surface area is 224 Å². The molecule has 12 heteroatoms. The topological polar surface area (TPSA) is 103 Å². The Morgan fingerprint density at radius 3 is 2.74 bits per heavy atom. The number of benzene rings is 1. The first kappa shape index (κ1) is 24.2. The van der Waals surface area contributed by atoms with Crippen molar-refractivity contribution in [1.82, 2.24) is 34.3 Å². The molecular weight excluding hydrogens is 550 g/mol. The second-order valence-electron chi connectivity index (χ2n) is 9.04. The number of carbonyl (C=O) groups excluding carboxylic acids is 1. The summed E-state index contributed by atoms with van der Waals surface area (Å²) in [6, 6.07) is 12.4. The number of pyridine rings is 1. The van der Waals surface area contributed by atoms with Gasteiger partial charge in [-0.3, -0.25) is 0 Å². The Hall–Kier alpha value is -4.11. The number of nitrogens with zero attached hydrogens (tertiary/aromatic N) is 8. The molecule has 1 amide bonds. The molecule has 0 aliphatic carbocycles. The van der Waals surface area contributed by atoms with Crippen LogP contribution in [0.2, 0.25) is 0 Å². The van der Waals surface area contributed by atoms with Crippen molar-refractivity contribution in [3.05, 3.63) is 72.1 Å². The maximum absolute atomic E-state index is 14.8. The summed E-state index contributed by atoms with van der Waals surface area (Å²) in [6.07, 6.45) is 4.00. The normalized spacial score (nSPS) is 15.5. The Kier molecular flexibility index (Phi) is 6.15. The molecule has 4 aromatic heterocycles. The fraction of sp³-hybridized carbons (Fsp3) is 0.231. The summed E-state index contributed by atoms with van der Waals surface area (Å²) in [5.41, 5.74) is 2.63. The van der Waals surface area contributed by atoms with Gasteiger partial charge in [-0.05, 0) is 6.07 Å². The molecule has 5 aromatic rings. The molecule has 1 aliphatic rings. The molecule has 1 aliphatic heterocycles. The minimum Gasteiger partial charge on any atom is -0.207 e. The second-order valence-corrected chi connectivity index (χ2v) is 11.3. The number of halogens is 1. The summed E-state index contributed by atoms with van der Waals surface area (Å²) in [4.78, 5) is 24.1. The zero-order valence-electron chi connectivity index (χ0n) is 20.9. The predicted octanol–water partition coefficient (Wildman–Crippen LogP) is 1.42. The van der Waals surface area contributed by atoms with Gasteiger partial charge in [-0.1, -0.05) is 0 Å². The van der Waals surface area contributed by atoms with E-state index in [1.807, 2.05) is 40.4 Å². The molecule has 1 radical (unpaired) electrons. The Morgan fingerprint density at radius 1 is 1.11 bits per heavy atom. The number of hydrogen-bond acceptors (Lipinski definition) is 7. The van der Waals surface area contributed by atoms with Gasteiger partial charge in [0.05, 0.1) is 7.11 Å². The first-order valence-corrected chi connectivity index (χ1v) is 13.8. The third kappa shape index (κ3) is 4.32. The van der Waals surface area contributed by atoms with Gasteiger partial charge in [0, 0.05) is 6.07 Å². The monoisotopic (exact) mass is 573 g/mol. The number of hydrogen-bond donors (Lipinski definition) is 0. The predicted molar refractivity (Wildman–Crippen MR) is 140 cm³/mol. The number of ether oxygens (including phenoxy) is 1. The fourth-order valence-electron chi connectivity index (χ4n) is 4.64. The summed E-state index contributed by atoms with van der Waals surface area (Å²) < 4.78 is 25.4. The van der Waals surface area contributed by atoms with Crippen LogP contribution in [-0.4, -0.2) is 70.2 Å². The number of methoxy groups -OCH3 is 1. The first-order valence-electron chi connectivity index (χ1n) is 11.9. The van der Waals surface area contributed by atoms with Crippen molar-refractivity contribution in [3.8, 4) is 17.0 Å². The van der Waals surface area contributed by atoms with E-state index in [0.717, 1.165) is 20.4 Å². The van der Waals surface area contributed by atoms with E-state index in [9.17, 15) is 9.18 Å². The Bertz CT molecular complexity index is 1680. The molecule has 6 rings (SSSR count). The first-order chi connectivity index (χ1) is 18.4. The van der Waals surface area contributed by atoms with Gasteiger partial charge in [-0.15, -0.1) is 0 Å². The number of aromatic nitrogens is 7. The minimum atomic E-state index is -0.442. The van der Waals surface area contributed by atoms with E-state index in [-0.39, 0.29) is 24.1 Å². The van der Waals surface area contributed by atoms with E-state index in [2.05, 4.69) is 20.3 Å². The molecule has 1 unspecified atom stereocenters. The van der Waals surface area contributed by atoms with Gasteiger partial charge in [-0.25, -0.2) is 4.39 Å². The van der Waals surface area contributed by atoms with E-state index in [1.54, 1.807) is 36.5 Å². The fourth-order valence-corrected chi connectivity index (χ4v) is 6.37. The van der Waals surface area contributed by atoms with Crippen molar-refractivity contribution in [1.29, 1.82) is 0 Å². The van der Waals surface area contributed by atoms with Crippen molar-refractivity contribution in [2.45, 2.75) is 18.8 Å². The van der Waals surface area contributed by atoms with E-state index in [4.69, 9.17) is 9.72 Å². The quantitative estimate of drug-likeness (QED) is 0.283. The van der Waals surface area contributed by atoms with Crippen molar-refractivity contribution < 1.29 is 13.9 Å². The van der Waals surface area contributed by atoms with E-state index in [0.29, 0.717) is 35.0 Å². The average Bonchev–Trinajstić information content (AvgIpc) is 3.51. The van der Waals surface area contributed by atoms with Crippen molar-refractivity contribution in [3.63, 3.8) is 0 Å². The zero-order chi connectivity index (χ0) is 26.4. The van der Waals surface area contributed by atoms with Gasteiger partial charge in [0.15, 0.2) is 0 Å². The number of carbonyl (C=O) groups is 1. The zero-order valence-corrected chi connectivity index (χ0v) is 22.8. The van der Waals surface area contributed by atoms with Crippen LogP contribution in [0.4, 0.5) is 10.2 Å². The number of amides is 1. The smallest absolute Gasteiger partial charge is 0.207 e.